The van der Waals surface area contributed by atoms with Crippen molar-refractivity contribution in [1.82, 2.24) is 9.80 Å². The topological polar surface area (TPSA) is 66.9 Å². The molecule has 19 heavy (non-hydrogen) atoms. The number of morpholine rings is 1. The van der Waals surface area contributed by atoms with E-state index in [0.29, 0.717) is 13.0 Å². The molecule has 0 bridgehead atoms. The van der Waals surface area contributed by atoms with Gasteiger partial charge in [0.2, 0.25) is 6.41 Å². The second-order valence-corrected chi connectivity index (χ2v) is 7.44. The predicted octanol–water partition coefficient (Wildman–Crippen LogP) is -0.646. The molecule has 0 aromatic carbocycles. The molecule has 0 aromatic rings. The summed E-state index contributed by atoms with van der Waals surface area (Å²) >= 11 is 0. The summed E-state index contributed by atoms with van der Waals surface area (Å²) in [6, 6.07) is -0.118. The van der Waals surface area contributed by atoms with Gasteiger partial charge in [-0.05, 0) is 12.8 Å². The third-order valence-corrected chi connectivity index (χ3v) is 5.56. The van der Waals surface area contributed by atoms with E-state index in [1.165, 1.54) is 0 Å². The van der Waals surface area contributed by atoms with Gasteiger partial charge in [-0.3, -0.25) is 9.69 Å². The van der Waals surface area contributed by atoms with Crippen LogP contribution < -0.4 is 0 Å². The second kappa shape index (κ2) is 6.67. The molecule has 2 rings (SSSR count). The zero-order chi connectivity index (χ0) is 13.7. The first kappa shape index (κ1) is 14.7. The SMILES string of the molecule is O=CN(CCCN1CCOCC1)[C@@H]1CCS(=O)(=O)C1. The molecule has 0 spiro atoms. The van der Waals surface area contributed by atoms with E-state index in [1.807, 2.05) is 0 Å². The highest BCUT2D eigenvalue weighted by Crippen LogP contribution is 2.16. The smallest absolute Gasteiger partial charge is 0.209 e. The summed E-state index contributed by atoms with van der Waals surface area (Å²) in [6.07, 6.45) is 2.26. The van der Waals surface area contributed by atoms with Crippen LogP contribution in [0.2, 0.25) is 0 Å². The number of hydrogen-bond acceptors (Lipinski definition) is 5. The van der Waals surface area contributed by atoms with Crippen molar-refractivity contribution in [3.8, 4) is 0 Å². The first-order valence-electron chi connectivity index (χ1n) is 6.82. The highest BCUT2D eigenvalue weighted by atomic mass is 32.2. The number of sulfone groups is 1. The fourth-order valence-electron chi connectivity index (χ4n) is 2.66. The summed E-state index contributed by atoms with van der Waals surface area (Å²) < 4.78 is 28.1. The molecule has 2 aliphatic heterocycles. The summed E-state index contributed by atoms with van der Waals surface area (Å²) in [5, 5.41) is 0. The van der Waals surface area contributed by atoms with Gasteiger partial charge in [-0.2, -0.15) is 0 Å². The second-order valence-electron chi connectivity index (χ2n) is 5.21. The van der Waals surface area contributed by atoms with E-state index in [9.17, 15) is 13.2 Å². The molecule has 7 heteroatoms. The Morgan fingerprint density at radius 3 is 2.63 bits per heavy atom. The van der Waals surface area contributed by atoms with Crippen LogP contribution in [0.15, 0.2) is 0 Å². The van der Waals surface area contributed by atoms with Crippen molar-refractivity contribution in [2.75, 3.05) is 50.9 Å². The van der Waals surface area contributed by atoms with E-state index in [2.05, 4.69) is 4.90 Å². The Bertz CT molecular complexity index is 393. The summed E-state index contributed by atoms with van der Waals surface area (Å²) in [4.78, 5) is 15.1. The monoisotopic (exact) mass is 290 g/mol. The van der Waals surface area contributed by atoms with E-state index < -0.39 is 9.84 Å². The van der Waals surface area contributed by atoms with Crippen LogP contribution in [-0.2, 0) is 19.4 Å². The van der Waals surface area contributed by atoms with Crippen molar-refractivity contribution in [1.29, 1.82) is 0 Å². The van der Waals surface area contributed by atoms with Crippen LogP contribution >= 0.6 is 0 Å². The number of ether oxygens (including phenoxy) is 1. The summed E-state index contributed by atoms with van der Waals surface area (Å²) in [5.41, 5.74) is 0. The lowest BCUT2D eigenvalue weighted by atomic mass is 10.2. The van der Waals surface area contributed by atoms with Crippen LogP contribution in [0.1, 0.15) is 12.8 Å². The average Bonchev–Trinajstić information content (AvgIpc) is 2.76. The third-order valence-electron chi connectivity index (χ3n) is 3.81. The number of rotatable bonds is 6. The molecule has 2 saturated heterocycles. The van der Waals surface area contributed by atoms with Crippen molar-refractivity contribution in [2.45, 2.75) is 18.9 Å². The van der Waals surface area contributed by atoms with Gasteiger partial charge in [0, 0.05) is 32.2 Å². The maximum atomic E-state index is 11.4. The van der Waals surface area contributed by atoms with Crippen LogP contribution in [0.5, 0.6) is 0 Å². The predicted molar refractivity (Wildman–Crippen MR) is 71.7 cm³/mol. The molecule has 0 aromatic heterocycles. The van der Waals surface area contributed by atoms with E-state index in [-0.39, 0.29) is 17.5 Å². The lowest BCUT2D eigenvalue weighted by Crippen LogP contribution is -2.40. The maximum absolute atomic E-state index is 11.4. The maximum Gasteiger partial charge on any atom is 0.209 e. The van der Waals surface area contributed by atoms with Gasteiger partial charge in [-0.15, -0.1) is 0 Å². The number of carbonyl (C=O) groups is 1. The first-order chi connectivity index (χ1) is 9.11. The van der Waals surface area contributed by atoms with E-state index in [4.69, 9.17) is 4.74 Å². The standard InChI is InChI=1S/C12H22N2O4S/c15-11-14(12-2-9-19(16,17)10-12)4-1-3-13-5-7-18-8-6-13/h11-12H,1-10H2/t12-/m1/s1. The summed E-state index contributed by atoms with van der Waals surface area (Å²) in [5.74, 6) is 0.342. The zero-order valence-electron chi connectivity index (χ0n) is 11.2. The fraction of sp³-hybridized carbons (Fsp3) is 0.917. The average molecular weight is 290 g/mol. The van der Waals surface area contributed by atoms with Crippen LogP contribution in [0.4, 0.5) is 0 Å². The van der Waals surface area contributed by atoms with Crippen molar-refractivity contribution >= 4 is 16.2 Å². The number of amides is 1. The third kappa shape index (κ3) is 4.43. The van der Waals surface area contributed by atoms with Gasteiger partial charge in [0.25, 0.3) is 0 Å². The quantitative estimate of drug-likeness (QED) is 0.608. The zero-order valence-corrected chi connectivity index (χ0v) is 12.0. The highest BCUT2D eigenvalue weighted by molar-refractivity contribution is 7.91. The Morgan fingerprint density at radius 2 is 2.05 bits per heavy atom. The summed E-state index contributed by atoms with van der Waals surface area (Å²) in [7, 11) is -2.92. The van der Waals surface area contributed by atoms with Gasteiger partial charge in [0.15, 0.2) is 9.84 Å². The molecular formula is C12H22N2O4S. The Kier molecular flexibility index (Phi) is 5.18. The van der Waals surface area contributed by atoms with E-state index in [0.717, 1.165) is 45.7 Å². The Labute approximate surface area is 114 Å². The van der Waals surface area contributed by atoms with E-state index >= 15 is 0 Å². The molecule has 2 heterocycles. The largest absolute Gasteiger partial charge is 0.379 e. The van der Waals surface area contributed by atoms with Gasteiger partial charge in [-0.25, -0.2) is 8.42 Å². The van der Waals surface area contributed by atoms with E-state index in [1.54, 1.807) is 4.90 Å². The highest BCUT2D eigenvalue weighted by Gasteiger charge is 2.31. The van der Waals surface area contributed by atoms with Gasteiger partial charge in [-0.1, -0.05) is 0 Å². The molecule has 0 unspecified atom stereocenters. The van der Waals surface area contributed by atoms with Crippen LogP contribution in [0.3, 0.4) is 0 Å². The molecule has 0 aliphatic carbocycles. The van der Waals surface area contributed by atoms with Gasteiger partial charge in [0.1, 0.15) is 0 Å². The minimum Gasteiger partial charge on any atom is -0.379 e. The van der Waals surface area contributed by atoms with Crippen molar-refractivity contribution in [3.05, 3.63) is 0 Å². The Hall–Kier alpha value is -0.660. The molecule has 110 valence electrons. The van der Waals surface area contributed by atoms with Crippen LogP contribution in [0, 0.1) is 0 Å². The lowest BCUT2D eigenvalue weighted by Gasteiger charge is -2.28. The van der Waals surface area contributed by atoms with Gasteiger partial charge < -0.3 is 9.64 Å². The molecular weight excluding hydrogens is 268 g/mol. The van der Waals surface area contributed by atoms with Gasteiger partial charge >= 0.3 is 0 Å². The Morgan fingerprint density at radius 1 is 1.32 bits per heavy atom. The molecule has 1 atom stereocenters. The Balaban J connectivity index is 1.72. The molecule has 0 saturated carbocycles. The van der Waals surface area contributed by atoms with Crippen molar-refractivity contribution < 1.29 is 17.9 Å². The molecule has 0 radical (unpaired) electrons. The lowest BCUT2D eigenvalue weighted by molar-refractivity contribution is -0.119. The normalized spacial score (nSPS) is 27.3. The first-order valence-corrected chi connectivity index (χ1v) is 8.64. The number of hydrogen-bond donors (Lipinski definition) is 0. The molecule has 2 aliphatic rings. The minimum atomic E-state index is -2.92. The number of carbonyl (C=O) groups excluding carboxylic acids is 1. The van der Waals surface area contributed by atoms with Crippen LogP contribution in [-0.4, -0.2) is 81.6 Å². The van der Waals surface area contributed by atoms with Crippen molar-refractivity contribution in [2.24, 2.45) is 0 Å². The molecule has 0 N–H and O–H groups in total. The fourth-order valence-corrected chi connectivity index (χ4v) is 4.40. The van der Waals surface area contributed by atoms with Crippen LogP contribution in [0.25, 0.3) is 0 Å². The molecule has 6 nitrogen and oxygen atoms in total. The number of nitrogens with zero attached hydrogens (tertiary/aromatic N) is 2. The molecule has 2 fully saturated rings. The summed E-state index contributed by atoms with van der Waals surface area (Å²) in [6.45, 7) is 5.02. The van der Waals surface area contributed by atoms with Crippen molar-refractivity contribution in [3.63, 3.8) is 0 Å². The van der Waals surface area contributed by atoms with Gasteiger partial charge in [0.05, 0.1) is 24.7 Å². The minimum absolute atomic E-state index is 0.118. The molecule has 1 amide bonds.